The van der Waals surface area contributed by atoms with Gasteiger partial charge in [-0.15, -0.1) is 6.58 Å². The third kappa shape index (κ3) is 5.79. The minimum Gasteiger partial charge on any atom is -0.387 e. The van der Waals surface area contributed by atoms with E-state index in [9.17, 15) is 0 Å². The van der Waals surface area contributed by atoms with Crippen molar-refractivity contribution in [2.75, 3.05) is 6.61 Å². The van der Waals surface area contributed by atoms with Crippen molar-refractivity contribution < 1.29 is 9.84 Å². The molecule has 0 bridgehead atoms. The Balaban J connectivity index is 3.45. The highest BCUT2D eigenvalue weighted by atomic mass is 16.5. The van der Waals surface area contributed by atoms with E-state index < -0.39 is 6.10 Å². The van der Waals surface area contributed by atoms with Crippen LogP contribution < -0.4 is 0 Å². The Morgan fingerprint density at radius 1 is 1.60 bits per heavy atom. The van der Waals surface area contributed by atoms with Crippen molar-refractivity contribution in [3.63, 3.8) is 0 Å². The predicted octanol–water partition coefficient (Wildman–Crippen LogP) is 1.35. The first-order valence-corrected chi connectivity index (χ1v) is 3.40. The molecule has 60 valence electrons. The van der Waals surface area contributed by atoms with Gasteiger partial charge < -0.3 is 9.84 Å². The van der Waals surface area contributed by atoms with Crippen LogP contribution in [-0.2, 0) is 4.74 Å². The number of aliphatic hydroxyl groups excluding tert-OH is 1. The van der Waals surface area contributed by atoms with Gasteiger partial charge in [0.25, 0.3) is 0 Å². The molecule has 2 heteroatoms. The van der Waals surface area contributed by atoms with E-state index in [1.54, 1.807) is 0 Å². The molecule has 0 aliphatic heterocycles. The van der Waals surface area contributed by atoms with Gasteiger partial charge in [0.15, 0.2) is 0 Å². The van der Waals surface area contributed by atoms with Crippen LogP contribution in [0.15, 0.2) is 12.7 Å². The molecule has 0 radical (unpaired) electrons. The van der Waals surface area contributed by atoms with Crippen molar-refractivity contribution in [2.45, 2.75) is 32.5 Å². The van der Waals surface area contributed by atoms with Crippen molar-refractivity contribution in [1.82, 2.24) is 0 Å². The summed E-state index contributed by atoms with van der Waals surface area (Å²) in [6.07, 6.45) is 0.922. The topological polar surface area (TPSA) is 29.5 Å². The van der Waals surface area contributed by atoms with E-state index in [4.69, 9.17) is 9.84 Å². The first-order chi connectivity index (χ1) is 4.45. The molecule has 0 aliphatic carbocycles. The van der Waals surface area contributed by atoms with Gasteiger partial charge >= 0.3 is 0 Å². The summed E-state index contributed by atoms with van der Waals surface area (Å²) in [5.74, 6) is 0. The minimum atomic E-state index is -0.542. The van der Waals surface area contributed by atoms with Crippen LogP contribution >= 0.6 is 0 Å². The lowest BCUT2D eigenvalue weighted by Gasteiger charge is -2.20. The van der Waals surface area contributed by atoms with Crippen LogP contribution in [-0.4, -0.2) is 23.4 Å². The standard InChI is InChI=1S/C8H16O2/c1-5-7(9)6-10-8(2,3)4/h5,7,9H,1,6H2,2-4H3. The van der Waals surface area contributed by atoms with E-state index in [1.165, 1.54) is 6.08 Å². The van der Waals surface area contributed by atoms with Gasteiger partial charge in [0.2, 0.25) is 0 Å². The van der Waals surface area contributed by atoms with Crippen LogP contribution in [0.2, 0.25) is 0 Å². The zero-order valence-electron chi connectivity index (χ0n) is 6.92. The van der Waals surface area contributed by atoms with Gasteiger partial charge in [0, 0.05) is 0 Å². The van der Waals surface area contributed by atoms with Gasteiger partial charge in [-0.3, -0.25) is 0 Å². The van der Waals surface area contributed by atoms with Crippen molar-refractivity contribution in [2.24, 2.45) is 0 Å². The fraction of sp³-hybridized carbons (Fsp3) is 0.750. The van der Waals surface area contributed by atoms with Gasteiger partial charge in [0.05, 0.1) is 18.3 Å². The average Bonchev–Trinajstić information content (AvgIpc) is 1.81. The fourth-order valence-corrected chi connectivity index (χ4v) is 0.403. The maximum atomic E-state index is 8.98. The summed E-state index contributed by atoms with van der Waals surface area (Å²) in [4.78, 5) is 0. The molecule has 0 saturated carbocycles. The lowest BCUT2D eigenvalue weighted by Crippen LogP contribution is -2.24. The maximum absolute atomic E-state index is 8.98. The molecule has 0 fully saturated rings. The van der Waals surface area contributed by atoms with E-state index in [2.05, 4.69) is 6.58 Å². The summed E-state index contributed by atoms with van der Waals surface area (Å²) in [5.41, 5.74) is -0.177. The number of rotatable bonds is 3. The molecule has 0 saturated heterocycles. The zero-order chi connectivity index (χ0) is 8.20. The second-order valence-corrected chi connectivity index (χ2v) is 3.23. The lowest BCUT2D eigenvalue weighted by molar-refractivity contribution is -0.0366. The maximum Gasteiger partial charge on any atom is 0.0952 e. The molecule has 1 unspecified atom stereocenters. The molecule has 0 heterocycles. The van der Waals surface area contributed by atoms with Crippen LogP contribution in [0.3, 0.4) is 0 Å². The molecule has 0 amide bonds. The van der Waals surface area contributed by atoms with E-state index in [0.29, 0.717) is 6.61 Å². The lowest BCUT2D eigenvalue weighted by atomic mass is 10.2. The Hall–Kier alpha value is -0.340. The summed E-state index contributed by atoms with van der Waals surface area (Å²) in [6.45, 7) is 9.60. The third-order valence-electron chi connectivity index (χ3n) is 0.959. The quantitative estimate of drug-likeness (QED) is 0.606. The summed E-state index contributed by atoms with van der Waals surface area (Å²) in [5, 5.41) is 8.98. The number of hydrogen-bond acceptors (Lipinski definition) is 2. The van der Waals surface area contributed by atoms with Crippen LogP contribution in [0.1, 0.15) is 20.8 Å². The highest BCUT2D eigenvalue weighted by Crippen LogP contribution is 2.06. The van der Waals surface area contributed by atoms with Crippen molar-refractivity contribution in [1.29, 1.82) is 0 Å². The monoisotopic (exact) mass is 144 g/mol. The Labute approximate surface area is 62.5 Å². The van der Waals surface area contributed by atoms with Crippen molar-refractivity contribution in [3.05, 3.63) is 12.7 Å². The first kappa shape index (κ1) is 9.66. The largest absolute Gasteiger partial charge is 0.387 e. The molecule has 0 rings (SSSR count). The first-order valence-electron chi connectivity index (χ1n) is 3.40. The van der Waals surface area contributed by atoms with Gasteiger partial charge in [-0.25, -0.2) is 0 Å². The van der Waals surface area contributed by atoms with E-state index in [1.807, 2.05) is 20.8 Å². The Morgan fingerprint density at radius 2 is 2.10 bits per heavy atom. The molecule has 0 spiro atoms. The molecule has 1 atom stereocenters. The summed E-state index contributed by atoms with van der Waals surface area (Å²) < 4.78 is 5.26. The molecular formula is C8H16O2. The van der Waals surface area contributed by atoms with Gasteiger partial charge in [0.1, 0.15) is 0 Å². The smallest absolute Gasteiger partial charge is 0.0952 e. The normalized spacial score (nSPS) is 14.8. The Bertz CT molecular complexity index is 102. The molecule has 0 aliphatic rings. The zero-order valence-corrected chi connectivity index (χ0v) is 6.92. The predicted molar refractivity (Wildman–Crippen MR) is 41.9 cm³/mol. The summed E-state index contributed by atoms with van der Waals surface area (Å²) in [7, 11) is 0. The molecule has 0 aromatic rings. The van der Waals surface area contributed by atoms with Crippen LogP contribution in [0, 0.1) is 0 Å². The Morgan fingerprint density at radius 3 is 2.40 bits per heavy atom. The highest BCUT2D eigenvalue weighted by Gasteiger charge is 2.11. The second kappa shape index (κ2) is 3.74. The van der Waals surface area contributed by atoms with E-state index >= 15 is 0 Å². The summed E-state index contributed by atoms with van der Waals surface area (Å²) >= 11 is 0. The Kier molecular flexibility index (Phi) is 3.61. The summed E-state index contributed by atoms with van der Waals surface area (Å²) in [6, 6.07) is 0. The van der Waals surface area contributed by atoms with Crippen LogP contribution in [0.25, 0.3) is 0 Å². The van der Waals surface area contributed by atoms with Crippen molar-refractivity contribution >= 4 is 0 Å². The molecule has 2 nitrogen and oxygen atoms in total. The van der Waals surface area contributed by atoms with E-state index in [-0.39, 0.29) is 5.60 Å². The highest BCUT2D eigenvalue weighted by molar-refractivity contribution is 4.78. The van der Waals surface area contributed by atoms with Gasteiger partial charge in [-0.05, 0) is 20.8 Å². The molecule has 0 aromatic carbocycles. The number of hydrogen-bond donors (Lipinski definition) is 1. The van der Waals surface area contributed by atoms with Crippen molar-refractivity contribution in [3.8, 4) is 0 Å². The average molecular weight is 144 g/mol. The molecular weight excluding hydrogens is 128 g/mol. The molecule has 0 aromatic heterocycles. The SMILES string of the molecule is C=CC(O)COC(C)(C)C. The third-order valence-corrected chi connectivity index (χ3v) is 0.959. The minimum absolute atomic E-state index is 0.177. The molecule has 10 heavy (non-hydrogen) atoms. The molecule has 1 N–H and O–H groups in total. The number of aliphatic hydroxyl groups is 1. The van der Waals surface area contributed by atoms with Crippen LogP contribution in [0.4, 0.5) is 0 Å². The fourth-order valence-electron chi connectivity index (χ4n) is 0.403. The van der Waals surface area contributed by atoms with Gasteiger partial charge in [-0.1, -0.05) is 6.08 Å². The van der Waals surface area contributed by atoms with Crippen LogP contribution in [0.5, 0.6) is 0 Å². The second-order valence-electron chi connectivity index (χ2n) is 3.23. The van der Waals surface area contributed by atoms with Gasteiger partial charge in [-0.2, -0.15) is 0 Å². The number of ether oxygens (including phenoxy) is 1. The van der Waals surface area contributed by atoms with E-state index in [0.717, 1.165) is 0 Å².